The highest BCUT2D eigenvalue weighted by Gasteiger charge is 1.93. The van der Waals surface area contributed by atoms with Crippen molar-refractivity contribution in [2.24, 2.45) is 0 Å². The van der Waals surface area contributed by atoms with Gasteiger partial charge in [-0.05, 0) is 0 Å². The van der Waals surface area contributed by atoms with Gasteiger partial charge in [-0.3, -0.25) is 0 Å². The Morgan fingerprint density at radius 3 is 1.33 bits per heavy atom. The summed E-state index contributed by atoms with van der Waals surface area (Å²) < 4.78 is 8.70. The Kier molecular flexibility index (Phi) is 42.6. The average Bonchev–Trinajstić information content (AvgIpc) is 1.71. The molecule has 0 aromatic heterocycles. The first-order valence-corrected chi connectivity index (χ1v) is 6.16. The molecule has 0 fully saturated rings. The molecule has 0 rings (SSSR count). The van der Waals surface area contributed by atoms with Crippen molar-refractivity contribution in [3.63, 3.8) is 0 Å². The van der Waals surface area contributed by atoms with Gasteiger partial charge in [0, 0.05) is 4.57 Å². The molecule has 56 valence electrons. The zero-order chi connectivity index (χ0) is 8.28. The Morgan fingerprint density at radius 2 is 1.33 bits per heavy atom. The van der Waals surface area contributed by atoms with Crippen molar-refractivity contribution in [2.45, 2.75) is 26.1 Å². The Labute approximate surface area is 65.5 Å². The van der Waals surface area contributed by atoms with Gasteiger partial charge in [0.25, 0.3) is 0 Å². The summed E-state index contributed by atoms with van der Waals surface area (Å²) in [5, 5.41) is 0. The van der Waals surface area contributed by atoms with Crippen LogP contribution in [-0.4, -0.2) is 26.1 Å². The predicted molar refractivity (Wildman–Crippen MR) is 42.4 cm³/mol. The predicted octanol–water partition coefficient (Wildman–Crippen LogP) is 0.712. The van der Waals surface area contributed by atoms with Gasteiger partial charge in [-0.2, -0.15) is 0 Å². The second-order valence-corrected chi connectivity index (χ2v) is 1.47. The Morgan fingerprint density at radius 1 is 1.33 bits per heavy atom. The fourth-order valence-electron chi connectivity index (χ4n) is 0. The molecule has 0 amide bonds. The largest absolute Gasteiger partial charge is 0.692 e. The van der Waals surface area contributed by atoms with Gasteiger partial charge in [-0.25, -0.2) is 0 Å². The van der Waals surface area contributed by atoms with Gasteiger partial charge in [0.2, 0.25) is 16.3 Å². The minimum Gasteiger partial charge on any atom is -0.134 e. The van der Waals surface area contributed by atoms with E-state index in [2.05, 4.69) is 19.6 Å². The molecule has 0 spiro atoms. The molecule has 0 aliphatic heterocycles. The van der Waals surface area contributed by atoms with Crippen molar-refractivity contribution < 1.29 is 14.4 Å². The molecule has 9 heavy (non-hydrogen) atoms. The van der Waals surface area contributed by atoms with E-state index in [-0.39, 0.29) is 0 Å². The van der Waals surface area contributed by atoms with Crippen molar-refractivity contribution in [1.82, 2.24) is 0 Å². The van der Waals surface area contributed by atoms with Crippen molar-refractivity contribution in [3.05, 3.63) is 0 Å². The van der Waals surface area contributed by atoms with Crippen LogP contribution in [0.3, 0.4) is 0 Å². The normalized spacial score (nSPS) is 5.44. The quantitative estimate of drug-likeness (QED) is 0.414. The summed E-state index contributed by atoms with van der Waals surface area (Å²) in [6.45, 7) is 4.25. The van der Waals surface area contributed by atoms with E-state index < -0.39 is 8.25 Å². The van der Waals surface area contributed by atoms with E-state index in [1.54, 1.807) is 0 Å². The summed E-state index contributed by atoms with van der Waals surface area (Å²) in [5.41, 5.74) is 0. The van der Waals surface area contributed by atoms with Crippen LogP contribution in [0, 0.1) is 0 Å². The minimum absolute atomic E-state index is 1.25. The third-order valence-electron chi connectivity index (χ3n) is 0. The van der Waals surface area contributed by atoms with E-state index in [1.807, 2.05) is 0 Å². The molecule has 0 aromatic rings. The second kappa shape index (κ2) is 23.5. The zero-order valence-electron chi connectivity index (χ0n) is 6.46. The summed E-state index contributed by atoms with van der Waals surface area (Å²) in [6, 6.07) is 0. The molecule has 0 heterocycles. The highest BCUT2D eigenvalue weighted by atomic mass is 31.1. The molecule has 0 aliphatic rings. The molecule has 0 radical (unpaired) electrons. The maximum absolute atomic E-state index is 8.70. The fourth-order valence-corrected chi connectivity index (χ4v) is 0. The van der Waals surface area contributed by atoms with E-state index in [0.717, 1.165) is 0 Å². The number of rotatable bonds is 0. The summed E-state index contributed by atoms with van der Waals surface area (Å²) in [5.74, 6) is 2.14. The average molecular weight is 169 g/mol. The molecule has 0 aliphatic carbocycles. The molecule has 0 bridgehead atoms. The lowest BCUT2D eigenvalue weighted by molar-refractivity contribution is 0.405. The standard InChI is InChI=1S/C3H8.CH3.Al.HO3P.2H/c1-3-2;;;1-4(2)3;;/h3H2,1-2H3;1H3;;(H-,1,2,3);;/p+1. The maximum atomic E-state index is 8.70. The summed E-state index contributed by atoms with van der Waals surface area (Å²) >= 11 is 1.31. The highest BCUT2D eigenvalue weighted by molar-refractivity contribution is 7.30. The monoisotopic (exact) mass is 169 g/mol. The molecular weight excluding hydrogens is 154 g/mol. The summed E-state index contributed by atoms with van der Waals surface area (Å²) in [7, 11) is -2.87. The van der Waals surface area contributed by atoms with Gasteiger partial charge >= 0.3 is 8.25 Å². The van der Waals surface area contributed by atoms with E-state index in [9.17, 15) is 0 Å². The van der Waals surface area contributed by atoms with Gasteiger partial charge in [0.1, 0.15) is 0 Å². The van der Waals surface area contributed by atoms with Crippen LogP contribution in [0.25, 0.3) is 0 Å². The lowest BCUT2D eigenvalue weighted by Crippen LogP contribution is -1.38. The SMILES string of the molecule is CCC.O=[P+](O)O.[CH3][AlH2]. The lowest BCUT2D eigenvalue weighted by atomic mass is 10.6. The Bertz CT molecular complexity index is 47.1. The van der Waals surface area contributed by atoms with Crippen LogP contribution in [0.5, 0.6) is 0 Å². The highest BCUT2D eigenvalue weighted by Crippen LogP contribution is 1.98. The molecule has 0 aromatic carbocycles. The van der Waals surface area contributed by atoms with Crippen molar-refractivity contribution in [3.8, 4) is 0 Å². The first-order valence-electron chi connectivity index (χ1n) is 3.00. The number of hydrogen-bond donors (Lipinski definition) is 2. The number of hydrogen-bond acceptors (Lipinski definition) is 1. The lowest BCUT2D eigenvalue weighted by Gasteiger charge is -1.48. The summed E-state index contributed by atoms with van der Waals surface area (Å²) in [4.78, 5) is 14.2. The topological polar surface area (TPSA) is 57.5 Å². The van der Waals surface area contributed by atoms with Gasteiger partial charge in [-0.1, -0.05) is 20.3 Å². The van der Waals surface area contributed by atoms with Crippen molar-refractivity contribution in [1.29, 1.82) is 0 Å². The molecule has 0 saturated heterocycles. The Hall–Kier alpha value is 0.552. The van der Waals surface area contributed by atoms with Gasteiger partial charge in [0.05, 0.1) is 0 Å². The molecule has 0 saturated carbocycles. The smallest absolute Gasteiger partial charge is 0.134 e. The molecule has 2 N–H and O–H groups in total. The van der Waals surface area contributed by atoms with E-state index in [4.69, 9.17) is 14.4 Å². The maximum Gasteiger partial charge on any atom is 0.692 e. The van der Waals surface area contributed by atoms with E-state index in [0.29, 0.717) is 0 Å². The third kappa shape index (κ3) is 1200. The van der Waals surface area contributed by atoms with Crippen LogP contribution < -0.4 is 0 Å². The molecule has 0 atom stereocenters. The Balaban J connectivity index is -0.0000000646. The van der Waals surface area contributed by atoms with Crippen LogP contribution >= 0.6 is 8.25 Å². The molecule has 3 nitrogen and oxygen atoms in total. The molecular formula is C4H15AlO3P+. The molecule has 0 unspecified atom stereocenters. The van der Waals surface area contributed by atoms with Crippen LogP contribution in [0.2, 0.25) is 5.79 Å². The van der Waals surface area contributed by atoms with Crippen LogP contribution in [-0.2, 0) is 4.57 Å². The van der Waals surface area contributed by atoms with Crippen molar-refractivity contribution in [2.75, 3.05) is 0 Å². The minimum atomic E-state index is -2.87. The van der Waals surface area contributed by atoms with Gasteiger partial charge in [0.15, 0.2) is 0 Å². The van der Waals surface area contributed by atoms with Crippen LogP contribution in [0.15, 0.2) is 0 Å². The second-order valence-electron chi connectivity index (χ2n) is 0.960. The van der Waals surface area contributed by atoms with Crippen LogP contribution in [0.4, 0.5) is 0 Å². The van der Waals surface area contributed by atoms with E-state index in [1.165, 1.54) is 22.7 Å². The van der Waals surface area contributed by atoms with E-state index >= 15 is 0 Å². The van der Waals surface area contributed by atoms with Crippen LogP contribution in [0.1, 0.15) is 20.3 Å². The first-order chi connectivity index (χ1) is 4.15. The van der Waals surface area contributed by atoms with Gasteiger partial charge < -0.3 is 0 Å². The van der Waals surface area contributed by atoms with Gasteiger partial charge in [-0.15, -0.1) is 15.6 Å². The first kappa shape index (κ1) is 16.3. The summed E-state index contributed by atoms with van der Waals surface area (Å²) in [6.07, 6.45) is 1.25. The molecule has 5 heteroatoms. The zero-order valence-corrected chi connectivity index (χ0v) is 9.35. The fraction of sp³-hybridized carbons (Fsp3) is 1.00. The third-order valence-corrected chi connectivity index (χ3v) is 0. The van der Waals surface area contributed by atoms with Crippen molar-refractivity contribution >= 4 is 24.5 Å².